The van der Waals surface area contributed by atoms with Crippen LogP contribution in [-0.4, -0.2) is 35.3 Å². The summed E-state index contributed by atoms with van der Waals surface area (Å²) in [7, 11) is 0. The number of hydrogen-bond donors (Lipinski definition) is 3. The van der Waals surface area contributed by atoms with Gasteiger partial charge in [-0.3, -0.25) is 0 Å². The van der Waals surface area contributed by atoms with Gasteiger partial charge in [0.1, 0.15) is 0 Å². The molecule has 1 atom stereocenters. The number of hydrogen-bond acceptors (Lipinski definition) is 3. The SMILES string of the molecule is CSC[C@@](C)(O)CNC(=O)Nc1ccccc1Cc1ccccc1. The quantitative estimate of drug-likeness (QED) is 0.720. The number of carbonyl (C=O) groups is 1. The molecular weight excluding hydrogens is 320 g/mol. The Hall–Kier alpha value is -1.98. The number of benzene rings is 2. The molecule has 2 aromatic rings. The minimum atomic E-state index is -0.916. The lowest BCUT2D eigenvalue weighted by Crippen LogP contribution is -2.44. The average Bonchev–Trinajstić information content (AvgIpc) is 2.56. The number of urea groups is 1. The van der Waals surface area contributed by atoms with Crippen molar-refractivity contribution in [3.8, 4) is 0 Å². The maximum Gasteiger partial charge on any atom is 0.319 e. The first kappa shape index (κ1) is 18.4. The Bertz CT molecular complexity index is 659. The highest BCUT2D eigenvalue weighted by Gasteiger charge is 2.20. The molecule has 0 radical (unpaired) electrons. The van der Waals surface area contributed by atoms with Crippen LogP contribution in [0.1, 0.15) is 18.1 Å². The fourth-order valence-electron chi connectivity index (χ4n) is 2.41. The van der Waals surface area contributed by atoms with E-state index in [2.05, 4.69) is 22.8 Å². The van der Waals surface area contributed by atoms with E-state index in [9.17, 15) is 9.90 Å². The molecule has 2 aromatic carbocycles. The molecule has 0 saturated carbocycles. The topological polar surface area (TPSA) is 61.4 Å². The molecule has 128 valence electrons. The van der Waals surface area contributed by atoms with Crippen LogP contribution in [0.5, 0.6) is 0 Å². The average molecular weight is 344 g/mol. The maximum atomic E-state index is 12.1. The molecule has 0 heterocycles. The Labute approximate surface area is 147 Å². The lowest BCUT2D eigenvalue weighted by molar-refractivity contribution is 0.0876. The molecule has 24 heavy (non-hydrogen) atoms. The number of rotatable bonds is 7. The largest absolute Gasteiger partial charge is 0.387 e. The third kappa shape index (κ3) is 5.91. The summed E-state index contributed by atoms with van der Waals surface area (Å²) in [5.41, 5.74) is 2.11. The third-order valence-corrected chi connectivity index (χ3v) is 4.50. The number of nitrogens with one attached hydrogen (secondary N) is 2. The summed E-state index contributed by atoms with van der Waals surface area (Å²) >= 11 is 1.55. The normalized spacial score (nSPS) is 13.1. The predicted octanol–water partition coefficient (Wildman–Crippen LogP) is 3.51. The summed E-state index contributed by atoms with van der Waals surface area (Å²) in [6.07, 6.45) is 2.68. The van der Waals surface area contributed by atoms with Gasteiger partial charge in [0.25, 0.3) is 0 Å². The molecule has 5 heteroatoms. The molecule has 0 unspecified atom stereocenters. The molecule has 0 aliphatic heterocycles. The van der Waals surface area contributed by atoms with E-state index in [0.29, 0.717) is 5.75 Å². The van der Waals surface area contributed by atoms with E-state index in [1.54, 1.807) is 18.7 Å². The molecule has 0 aliphatic rings. The Morgan fingerprint density at radius 1 is 1.12 bits per heavy atom. The summed E-state index contributed by atoms with van der Waals surface area (Å²) in [5, 5.41) is 15.7. The molecule has 0 spiro atoms. The van der Waals surface area contributed by atoms with Gasteiger partial charge >= 0.3 is 6.03 Å². The first-order valence-electron chi connectivity index (χ1n) is 7.88. The van der Waals surface area contributed by atoms with Gasteiger partial charge in [0, 0.05) is 18.0 Å². The number of carbonyl (C=O) groups excluding carboxylic acids is 1. The minimum absolute atomic E-state index is 0.209. The van der Waals surface area contributed by atoms with Crippen molar-refractivity contribution in [1.82, 2.24) is 5.32 Å². The predicted molar refractivity (Wildman–Crippen MR) is 102 cm³/mol. The zero-order valence-corrected chi connectivity index (χ0v) is 14.9. The molecule has 0 aliphatic carbocycles. The second-order valence-corrected chi connectivity index (χ2v) is 6.92. The van der Waals surface area contributed by atoms with Gasteiger partial charge in [-0.2, -0.15) is 11.8 Å². The first-order chi connectivity index (χ1) is 11.5. The van der Waals surface area contributed by atoms with Crippen molar-refractivity contribution in [2.45, 2.75) is 18.9 Å². The first-order valence-corrected chi connectivity index (χ1v) is 9.27. The van der Waals surface area contributed by atoms with Gasteiger partial charge in [0.05, 0.1) is 5.60 Å². The molecule has 0 aromatic heterocycles. The van der Waals surface area contributed by atoms with Gasteiger partial charge in [-0.1, -0.05) is 48.5 Å². The zero-order chi connectivity index (χ0) is 17.4. The molecule has 2 amide bonds. The monoisotopic (exact) mass is 344 g/mol. The van der Waals surface area contributed by atoms with E-state index in [1.807, 2.05) is 48.7 Å². The van der Waals surface area contributed by atoms with Crippen LogP contribution in [0.3, 0.4) is 0 Å². The third-order valence-electron chi connectivity index (χ3n) is 3.59. The highest BCUT2D eigenvalue weighted by Crippen LogP contribution is 2.19. The molecule has 0 bridgehead atoms. The van der Waals surface area contributed by atoms with Crippen LogP contribution in [0.15, 0.2) is 54.6 Å². The lowest BCUT2D eigenvalue weighted by atomic mass is 10.0. The summed E-state index contributed by atoms with van der Waals surface area (Å²) in [4.78, 5) is 12.1. The van der Waals surface area contributed by atoms with Gasteiger partial charge in [0.2, 0.25) is 0 Å². The van der Waals surface area contributed by atoms with Gasteiger partial charge < -0.3 is 15.7 Å². The van der Waals surface area contributed by atoms with E-state index in [4.69, 9.17) is 0 Å². The Morgan fingerprint density at radius 3 is 2.50 bits per heavy atom. The number of anilines is 1. The van der Waals surface area contributed by atoms with Crippen molar-refractivity contribution >= 4 is 23.5 Å². The van der Waals surface area contributed by atoms with Crippen LogP contribution in [0.25, 0.3) is 0 Å². The molecule has 0 saturated heterocycles. The van der Waals surface area contributed by atoms with Crippen molar-refractivity contribution in [2.24, 2.45) is 0 Å². The van der Waals surface area contributed by atoms with Gasteiger partial charge in [-0.05, 0) is 36.8 Å². The van der Waals surface area contributed by atoms with Gasteiger partial charge in [-0.15, -0.1) is 0 Å². The molecule has 2 rings (SSSR count). The van der Waals surface area contributed by atoms with Gasteiger partial charge in [0.15, 0.2) is 0 Å². The molecule has 4 nitrogen and oxygen atoms in total. The van der Waals surface area contributed by atoms with E-state index in [0.717, 1.165) is 17.7 Å². The van der Waals surface area contributed by atoms with E-state index in [1.165, 1.54) is 5.56 Å². The Kier molecular flexibility index (Phi) is 6.70. The number of thioether (sulfide) groups is 1. The summed E-state index contributed by atoms with van der Waals surface area (Å²) in [6, 6.07) is 17.6. The number of amides is 2. The van der Waals surface area contributed by atoms with Crippen molar-refractivity contribution in [1.29, 1.82) is 0 Å². The summed E-state index contributed by atoms with van der Waals surface area (Å²) < 4.78 is 0. The standard InChI is InChI=1S/C19H24N2O2S/c1-19(23,14-24-2)13-20-18(22)21-17-11-7-6-10-16(17)12-15-8-4-3-5-9-15/h3-11,23H,12-14H2,1-2H3,(H2,20,21,22)/t19-/m0/s1. The van der Waals surface area contributed by atoms with Gasteiger partial charge in [-0.25, -0.2) is 4.79 Å². The van der Waals surface area contributed by atoms with E-state index >= 15 is 0 Å². The Balaban J connectivity index is 1.98. The Morgan fingerprint density at radius 2 is 1.79 bits per heavy atom. The van der Waals surface area contributed by atoms with Crippen molar-refractivity contribution in [3.05, 3.63) is 65.7 Å². The molecular formula is C19H24N2O2S. The van der Waals surface area contributed by atoms with Crippen LogP contribution < -0.4 is 10.6 Å². The van der Waals surface area contributed by atoms with Crippen molar-refractivity contribution in [3.63, 3.8) is 0 Å². The smallest absolute Gasteiger partial charge is 0.319 e. The fourth-order valence-corrected chi connectivity index (χ4v) is 3.14. The highest BCUT2D eigenvalue weighted by molar-refractivity contribution is 7.98. The van der Waals surface area contributed by atoms with Crippen molar-refractivity contribution < 1.29 is 9.90 Å². The van der Waals surface area contributed by atoms with E-state index in [-0.39, 0.29) is 12.6 Å². The molecule has 0 fully saturated rings. The van der Waals surface area contributed by atoms with Crippen LogP contribution in [0.2, 0.25) is 0 Å². The lowest BCUT2D eigenvalue weighted by Gasteiger charge is -2.22. The number of aliphatic hydroxyl groups is 1. The zero-order valence-electron chi connectivity index (χ0n) is 14.1. The summed E-state index contributed by atoms with van der Waals surface area (Å²) in [5.74, 6) is 0.567. The van der Waals surface area contributed by atoms with Crippen LogP contribution >= 0.6 is 11.8 Å². The van der Waals surface area contributed by atoms with Crippen LogP contribution in [-0.2, 0) is 6.42 Å². The number of para-hydroxylation sites is 1. The highest BCUT2D eigenvalue weighted by atomic mass is 32.2. The van der Waals surface area contributed by atoms with Crippen LogP contribution in [0.4, 0.5) is 10.5 Å². The second-order valence-electron chi connectivity index (χ2n) is 6.06. The van der Waals surface area contributed by atoms with Crippen LogP contribution in [0, 0.1) is 0 Å². The minimum Gasteiger partial charge on any atom is -0.387 e. The summed E-state index contributed by atoms with van der Waals surface area (Å²) in [6.45, 7) is 1.92. The van der Waals surface area contributed by atoms with E-state index < -0.39 is 5.60 Å². The van der Waals surface area contributed by atoms with Crippen molar-refractivity contribution in [2.75, 3.05) is 23.9 Å². The second kappa shape index (κ2) is 8.76. The molecule has 3 N–H and O–H groups in total. The maximum absolute atomic E-state index is 12.1. The fraction of sp³-hybridized carbons (Fsp3) is 0.316.